The fraction of sp³-hybridized carbons (Fsp3) is 0. The van der Waals surface area contributed by atoms with Crippen molar-refractivity contribution in [3.05, 3.63) is 66.5 Å². The molecule has 0 radical (unpaired) electrons. The van der Waals surface area contributed by atoms with Crippen LogP contribution in [0.1, 0.15) is 0 Å². The van der Waals surface area contributed by atoms with Crippen LogP contribution in [0.2, 0.25) is 5.02 Å². The second-order valence-corrected chi connectivity index (χ2v) is 5.30. The number of halogens is 1. The van der Waals surface area contributed by atoms with E-state index in [9.17, 15) is 0 Å². The third kappa shape index (κ3) is 2.60. The van der Waals surface area contributed by atoms with Crippen molar-refractivity contribution in [1.82, 2.24) is 24.6 Å². The number of aromatic nitrogens is 5. The number of hydrogen-bond acceptors (Lipinski definition) is 5. The number of anilines is 2. The molecule has 0 saturated heterocycles. The van der Waals surface area contributed by atoms with Gasteiger partial charge in [0.1, 0.15) is 18.3 Å². The number of rotatable bonds is 3. The van der Waals surface area contributed by atoms with E-state index in [1.54, 1.807) is 23.2 Å². The summed E-state index contributed by atoms with van der Waals surface area (Å²) in [6, 6.07) is 11.2. The highest BCUT2D eigenvalue weighted by atomic mass is 35.5. The normalized spacial score (nSPS) is 10.8. The summed E-state index contributed by atoms with van der Waals surface area (Å²) in [5.41, 5.74) is 4.06. The Morgan fingerprint density at radius 2 is 1.96 bits per heavy atom. The number of hydrogen-bond donors (Lipinski definition) is 1. The number of fused-ring (bicyclic) bond motifs is 1. The van der Waals surface area contributed by atoms with Gasteiger partial charge in [-0.25, -0.2) is 19.5 Å². The molecule has 0 fully saturated rings. The zero-order valence-electron chi connectivity index (χ0n) is 11.9. The third-order valence-corrected chi connectivity index (χ3v) is 3.60. The van der Waals surface area contributed by atoms with E-state index in [-0.39, 0.29) is 0 Å². The standard InChI is InChI=1S/C16H11ClN6/c17-11-2-1-3-12(8-11)21-16-14-5-7-19-10-23(14)22-15(16)13-4-6-18-9-20-13/h1-10,21H. The average Bonchev–Trinajstić information content (AvgIpc) is 2.95. The minimum Gasteiger partial charge on any atom is -0.352 e. The predicted molar refractivity (Wildman–Crippen MR) is 88.7 cm³/mol. The highest BCUT2D eigenvalue weighted by Crippen LogP contribution is 2.32. The molecule has 0 bridgehead atoms. The fourth-order valence-corrected chi connectivity index (χ4v) is 2.54. The quantitative estimate of drug-likeness (QED) is 0.624. The van der Waals surface area contributed by atoms with Gasteiger partial charge in [0.15, 0.2) is 0 Å². The molecule has 0 aliphatic rings. The van der Waals surface area contributed by atoms with Crippen LogP contribution in [0.25, 0.3) is 16.9 Å². The van der Waals surface area contributed by atoms with E-state index in [2.05, 4.69) is 25.4 Å². The van der Waals surface area contributed by atoms with Gasteiger partial charge in [-0.05, 0) is 30.3 Å². The molecule has 4 rings (SSSR count). The van der Waals surface area contributed by atoms with Crippen LogP contribution in [0.15, 0.2) is 61.4 Å². The second-order valence-electron chi connectivity index (χ2n) is 4.86. The van der Waals surface area contributed by atoms with Crippen LogP contribution in [0.5, 0.6) is 0 Å². The monoisotopic (exact) mass is 322 g/mol. The van der Waals surface area contributed by atoms with Crippen LogP contribution in [0.3, 0.4) is 0 Å². The molecule has 0 unspecified atom stereocenters. The molecule has 0 aliphatic heterocycles. The zero-order valence-corrected chi connectivity index (χ0v) is 12.6. The molecule has 4 aromatic rings. The smallest absolute Gasteiger partial charge is 0.135 e. The van der Waals surface area contributed by atoms with Crippen LogP contribution >= 0.6 is 11.6 Å². The molecule has 0 amide bonds. The summed E-state index contributed by atoms with van der Waals surface area (Å²) in [5, 5.41) is 8.61. The topological polar surface area (TPSA) is 68.0 Å². The first kappa shape index (κ1) is 13.7. The summed E-state index contributed by atoms with van der Waals surface area (Å²) in [6.45, 7) is 0. The van der Waals surface area contributed by atoms with Gasteiger partial charge in [0, 0.05) is 23.1 Å². The molecule has 0 saturated carbocycles. The molecule has 0 atom stereocenters. The summed E-state index contributed by atoms with van der Waals surface area (Å²) in [4.78, 5) is 12.3. The van der Waals surface area contributed by atoms with Crippen LogP contribution in [-0.4, -0.2) is 24.6 Å². The van der Waals surface area contributed by atoms with Gasteiger partial charge in [0.05, 0.1) is 16.9 Å². The van der Waals surface area contributed by atoms with Crippen LogP contribution in [0.4, 0.5) is 11.4 Å². The van der Waals surface area contributed by atoms with Crippen molar-refractivity contribution in [2.24, 2.45) is 0 Å². The van der Waals surface area contributed by atoms with Crippen LogP contribution in [0, 0.1) is 0 Å². The molecule has 1 aromatic carbocycles. The lowest BCUT2D eigenvalue weighted by molar-refractivity contribution is 0.922. The van der Waals surface area contributed by atoms with Crippen molar-refractivity contribution >= 4 is 28.5 Å². The Morgan fingerprint density at radius 1 is 1.04 bits per heavy atom. The lowest BCUT2D eigenvalue weighted by atomic mass is 10.2. The van der Waals surface area contributed by atoms with Crippen LogP contribution in [-0.2, 0) is 0 Å². The highest BCUT2D eigenvalue weighted by molar-refractivity contribution is 6.30. The molecule has 0 spiro atoms. The maximum atomic E-state index is 6.07. The Labute approximate surface area is 136 Å². The lowest BCUT2D eigenvalue weighted by Crippen LogP contribution is -1.93. The first-order chi connectivity index (χ1) is 11.3. The highest BCUT2D eigenvalue weighted by Gasteiger charge is 2.15. The Kier molecular flexibility index (Phi) is 3.36. The van der Waals surface area contributed by atoms with E-state index >= 15 is 0 Å². The summed E-state index contributed by atoms with van der Waals surface area (Å²) >= 11 is 6.07. The van der Waals surface area contributed by atoms with Gasteiger partial charge in [0.25, 0.3) is 0 Å². The van der Waals surface area contributed by atoms with Gasteiger partial charge < -0.3 is 5.32 Å². The van der Waals surface area contributed by atoms with E-state index in [1.807, 2.05) is 36.4 Å². The molecule has 1 N–H and O–H groups in total. The Balaban J connectivity index is 1.89. The largest absolute Gasteiger partial charge is 0.352 e. The molecular formula is C16H11ClN6. The minimum absolute atomic E-state index is 0.664. The van der Waals surface area contributed by atoms with Gasteiger partial charge in [-0.2, -0.15) is 5.10 Å². The van der Waals surface area contributed by atoms with Crippen molar-refractivity contribution in [3.63, 3.8) is 0 Å². The van der Waals surface area contributed by atoms with Crippen molar-refractivity contribution in [1.29, 1.82) is 0 Å². The Bertz CT molecular complexity index is 967. The molecular weight excluding hydrogens is 312 g/mol. The van der Waals surface area contributed by atoms with E-state index < -0.39 is 0 Å². The fourth-order valence-electron chi connectivity index (χ4n) is 2.35. The van der Waals surface area contributed by atoms with Crippen molar-refractivity contribution in [2.45, 2.75) is 0 Å². The minimum atomic E-state index is 0.664. The van der Waals surface area contributed by atoms with Gasteiger partial charge in [-0.15, -0.1) is 0 Å². The molecule has 6 nitrogen and oxygen atoms in total. The van der Waals surface area contributed by atoms with Crippen molar-refractivity contribution in [3.8, 4) is 11.4 Å². The maximum absolute atomic E-state index is 6.07. The number of nitrogens with one attached hydrogen (secondary N) is 1. The van der Waals surface area contributed by atoms with E-state index in [0.29, 0.717) is 5.02 Å². The number of nitrogens with zero attached hydrogens (tertiary/aromatic N) is 5. The van der Waals surface area contributed by atoms with Crippen molar-refractivity contribution in [2.75, 3.05) is 5.32 Å². The third-order valence-electron chi connectivity index (χ3n) is 3.36. The molecule has 3 aromatic heterocycles. The van der Waals surface area contributed by atoms with Gasteiger partial charge >= 0.3 is 0 Å². The predicted octanol–water partition coefficient (Wildman–Crippen LogP) is 3.58. The molecule has 7 heteroatoms. The number of benzene rings is 1. The zero-order chi connectivity index (χ0) is 15.6. The van der Waals surface area contributed by atoms with E-state index in [4.69, 9.17) is 11.6 Å². The summed E-state index contributed by atoms with van der Waals surface area (Å²) in [6.07, 6.45) is 6.57. The second kappa shape index (κ2) is 5.66. The molecule has 112 valence electrons. The molecule has 3 heterocycles. The van der Waals surface area contributed by atoms with Crippen molar-refractivity contribution < 1.29 is 0 Å². The average molecular weight is 323 g/mol. The SMILES string of the molecule is Clc1cccc(Nc2c(-c3ccncn3)nn3cnccc23)c1. The Morgan fingerprint density at radius 3 is 2.78 bits per heavy atom. The molecule has 0 aliphatic carbocycles. The first-order valence-corrected chi connectivity index (χ1v) is 7.30. The van der Waals surface area contributed by atoms with Crippen LogP contribution < -0.4 is 5.32 Å². The van der Waals surface area contributed by atoms with Gasteiger partial charge in [0.2, 0.25) is 0 Å². The summed E-state index contributed by atoms with van der Waals surface area (Å²) in [5.74, 6) is 0. The van der Waals surface area contributed by atoms with E-state index in [0.717, 1.165) is 28.3 Å². The summed E-state index contributed by atoms with van der Waals surface area (Å²) in [7, 11) is 0. The maximum Gasteiger partial charge on any atom is 0.135 e. The summed E-state index contributed by atoms with van der Waals surface area (Å²) < 4.78 is 1.71. The lowest BCUT2D eigenvalue weighted by Gasteiger charge is -2.07. The Hall–Kier alpha value is -2.99. The van der Waals surface area contributed by atoms with Gasteiger partial charge in [-0.1, -0.05) is 17.7 Å². The molecule has 23 heavy (non-hydrogen) atoms. The van der Waals surface area contributed by atoms with E-state index in [1.165, 1.54) is 6.33 Å². The first-order valence-electron chi connectivity index (χ1n) is 6.92. The van der Waals surface area contributed by atoms with Gasteiger partial charge in [-0.3, -0.25) is 0 Å².